The highest BCUT2D eigenvalue weighted by molar-refractivity contribution is 7.89. The lowest BCUT2D eigenvalue weighted by molar-refractivity contribution is 0.223. The minimum absolute atomic E-state index is 0.00137. The average Bonchev–Trinajstić information content (AvgIpc) is 3.30. The van der Waals surface area contributed by atoms with Crippen molar-refractivity contribution in [1.82, 2.24) is 4.31 Å². The van der Waals surface area contributed by atoms with Gasteiger partial charge in [-0.25, -0.2) is 8.42 Å². The predicted molar refractivity (Wildman–Crippen MR) is 101 cm³/mol. The van der Waals surface area contributed by atoms with Crippen LogP contribution < -0.4 is 9.47 Å². The van der Waals surface area contributed by atoms with Gasteiger partial charge in [0.15, 0.2) is 11.5 Å². The van der Waals surface area contributed by atoms with E-state index in [0.29, 0.717) is 30.2 Å². The van der Waals surface area contributed by atoms with Crippen LogP contribution in [0, 0.1) is 12.8 Å². The van der Waals surface area contributed by atoms with Gasteiger partial charge < -0.3 is 14.6 Å². The van der Waals surface area contributed by atoms with E-state index in [1.165, 1.54) is 24.6 Å². The Morgan fingerprint density at radius 2 is 1.92 bits per heavy atom. The topological polar surface area (TPSA) is 76.1 Å². The van der Waals surface area contributed by atoms with Crippen LogP contribution >= 0.6 is 11.3 Å². The Bertz CT molecular complexity index is 864. The van der Waals surface area contributed by atoms with E-state index < -0.39 is 10.0 Å². The molecule has 0 bridgehead atoms. The van der Waals surface area contributed by atoms with Gasteiger partial charge in [0.2, 0.25) is 10.0 Å². The zero-order valence-electron chi connectivity index (χ0n) is 15.0. The predicted octanol–water partition coefficient (Wildman–Crippen LogP) is 2.47. The minimum Gasteiger partial charge on any atom is -0.493 e. The molecule has 0 aliphatic carbocycles. The third kappa shape index (κ3) is 3.34. The molecular weight excluding hydrogens is 374 g/mol. The summed E-state index contributed by atoms with van der Waals surface area (Å²) in [5, 5.41) is 13.7. The highest BCUT2D eigenvalue weighted by Gasteiger charge is 2.40. The van der Waals surface area contributed by atoms with Gasteiger partial charge in [0.25, 0.3) is 0 Å². The molecule has 1 aromatic carbocycles. The minimum atomic E-state index is -3.70. The molecule has 2 unspecified atom stereocenters. The summed E-state index contributed by atoms with van der Waals surface area (Å²) >= 11 is 1.58. The van der Waals surface area contributed by atoms with Crippen molar-refractivity contribution in [3.8, 4) is 11.5 Å². The number of hydrogen-bond donors (Lipinski definition) is 1. The monoisotopic (exact) mass is 397 g/mol. The number of aliphatic hydroxyl groups is 1. The summed E-state index contributed by atoms with van der Waals surface area (Å²) in [6.45, 7) is 2.35. The number of ether oxygens (including phenoxy) is 2. The molecule has 2 atom stereocenters. The SMILES string of the molecule is COc1cc(C)c(S(=O)(=O)N2CC(CO)C(c3ccsc3)C2)cc1OC. The fourth-order valence-corrected chi connectivity index (χ4v) is 5.92. The molecule has 1 aliphatic heterocycles. The lowest BCUT2D eigenvalue weighted by atomic mass is 9.92. The molecule has 142 valence electrons. The molecule has 1 aliphatic rings. The number of aliphatic hydroxyl groups excluding tert-OH is 1. The molecule has 2 aromatic rings. The van der Waals surface area contributed by atoms with Crippen LogP contribution in [0.5, 0.6) is 11.5 Å². The van der Waals surface area contributed by atoms with Crippen molar-refractivity contribution >= 4 is 21.4 Å². The molecule has 2 heterocycles. The van der Waals surface area contributed by atoms with Crippen LogP contribution in [0.25, 0.3) is 0 Å². The second-order valence-corrected chi connectivity index (χ2v) is 9.09. The van der Waals surface area contributed by atoms with Crippen LogP contribution in [0.2, 0.25) is 0 Å². The lowest BCUT2D eigenvalue weighted by Gasteiger charge is -2.19. The van der Waals surface area contributed by atoms with Crippen LogP contribution in [0.15, 0.2) is 33.9 Å². The average molecular weight is 398 g/mol. The van der Waals surface area contributed by atoms with E-state index in [4.69, 9.17) is 9.47 Å². The summed E-state index contributed by atoms with van der Waals surface area (Å²) < 4.78 is 38.5. The summed E-state index contributed by atoms with van der Waals surface area (Å²) in [5.74, 6) is 0.764. The molecule has 6 nitrogen and oxygen atoms in total. The van der Waals surface area contributed by atoms with Crippen LogP contribution in [0.3, 0.4) is 0 Å². The molecule has 0 spiro atoms. The van der Waals surface area contributed by atoms with Gasteiger partial charge >= 0.3 is 0 Å². The lowest BCUT2D eigenvalue weighted by Crippen LogP contribution is -2.30. The third-order valence-corrected chi connectivity index (χ3v) is 7.59. The first kappa shape index (κ1) is 19.2. The number of methoxy groups -OCH3 is 2. The Morgan fingerprint density at radius 3 is 2.50 bits per heavy atom. The van der Waals surface area contributed by atoms with Crippen molar-refractivity contribution in [1.29, 1.82) is 0 Å². The number of hydrogen-bond acceptors (Lipinski definition) is 6. The van der Waals surface area contributed by atoms with Crippen LogP contribution in [0.1, 0.15) is 17.0 Å². The van der Waals surface area contributed by atoms with Crippen molar-refractivity contribution < 1.29 is 23.0 Å². The van der Waals surface area contributed by atoms with E-state index in [9.17, 15) is 13.5 Å². The standard InChI is InChI=1S/C18H23NO5S2/c1-12-6-16(23-2)17(24-3)7-18(12)26(21,22)19-8-14(10-20)15(9-19)13-4-5-25-11-13/h4-7,11,14-15,20H,8-10H2,1-3H3. The molecular formula is C18H23NO5S2. The Morgan fingerprint density at radius 1 is 1.23 bits per heavy atom. The number of thiophene rings is 1. The van der Waals surface area contributed by atoms with E-state index in [2.05, 4.69) is 0 Å². The molecule has 8 heteroatoms. The second kappa shape index (κ2) is 7.56. The Labute approximate surface area is 158 Å². The van der Waals surface area contributed by atoms with Crippen LogP contribution in [0.4, 0.5) is 0 Å². The zero-order chi connectivity index (χ0) is 18.9. The van der Waals surface area contributed by atoms with Gasteiger partial charge in [-0.2, -0.15) is 15.6 Å². The number of nitrogens with zero attached hydrogens (tertiary/aromatic N) is 1. The molecule has 1 fully saturated rings. The largest absolute Gasteiger partial charge is 0.493 e. The van der Waals surface area contributed by atoms with Crippen molar-refractivity contribution in [3.63, 3.8) is 0 Å². The highest BCUT2D eigenvalue weighted by Crippen LogP contribution is 2.39. The number of rotatable bonds is 6. The molecule has 0 saturated carbocycles. The summed E-state index contributed by atoms with van der Waals surface area (Å²) in [6.07, 6.45) is 0. The van der Waals surface area contributed by atoms with Gasteiger partial charge in [0.05, 0.1) is 19.1 Å². The Hall–Kier alpha value is -1.61. The van der Waals surface area contributed by atoms with Crippen molar-refractivity contribution in [3.05, 3.63) is 40.1 Å². The summed E-state index contributed by atoms with van der Waals surface area (Å²) in [6, 6.07) is 5.17. The number of benzene rings is 1. The smallest absolute Gasteiger partial charge is 0.243 e. The molecule has 1 N–H and O–H groups in total. The van der Waals surface area contributed by atoms with Gasteiger partial charge in [0, 0.05) is 37.6 Å². The first-order valence-electron chi connectivity index (χ1n) is 8.28. The number of aryl methyl sites for hydroxylation is 1. The maximum atomic E-state index is 13.3. The van der Waals surface area contributed by atoms with Crippen molar-refractivity contribution in [2.45, 2.75) is 17.7 Å². The molecule has 0 amide bonds. The van der Waals surface area contributed by atoms with E-state index in [1.807, 2.05) is 16.8 Å². The number of sulfonamides is 1. The van der Waals surface area contributed by atoms with E-state index >= 15 is 0 Å². The van der Waals surface area contributed by atoms with Gasteiger partial charge in [-0.05, 0) is 40.9 Å². The molecule has 0 radical (unpaired) electrons. The zero-order valence-corrected chi connectivity index (χ0v) is 16.6. The van der Waals surface area contributed by atoms with Gasteiger partial charge in [-0.15, -0.1) is 0 Å². The van der Waals surface area contributed by atoms with Gasteiger partial charge in [0.1, 0.15) is 0 Å². The Balaban J connectivity index is 1.96. The maximum Gasteiger partial charge on any atom is 0.243 e. The normalized spacial score (nSPS) is 21.1. The van der Waals surface area contributed by atoms with Crippen molar-refractivity contribution in [2.75, 3.05) is 33.9 Å². The fourth-order valence-electron chi connectivity index (χ4n) is 3.46. The van der Waals surface area contributed by atoms with Gasteiger partial charge in [-0.3, -0.25) is 0 Å². The van der Waals surface area contributed by atoms with Crippen molar-refractivity contribution in [2.24, 2.45) is 5.92 Å². The quantitative estimate of drug-likeness (QED) is 0.810. The summed E-state index contributed by atoms with van der Waals surface area (Å²) in [4.78, 5) is 0.206. The molecule has 26 heavy (non-hydrogen) atoms. The molecule has 3 rings (SSSR count). The Kier molecular flexibility index (Phi) is 5.57. The third-order valence-electron chi connectivity index (χ3n) is 4.91. The second-order valence-electron chi connectivity index (χ2n) is 6.40. The fraction of sp³-hybridized carbons (Fsp3) is 0.444. The summed E-state index contributed by atoms with van der Waals surface area (Å²) in [5.41, 5.74) is 1.68. The van der Waals surface area contributed by atoms with E-state index in [1.54, 1.807) is 24.3 Å². The molecule has 1 aromatic heterocycles. The highest BCUT2D eigenvalue weighted by atomic mass is 32.2. The van der Waals surface area contributed by atoms with E-state index in [-0.39, 0.29) is 23.3 Å². The van der Waals surface area contributed by atoms with Crippen LogP contribution in [-0.2, 0) is 10.0 Å². The van der Waals surface area contributed by atoms with Gasteiger partial charge in [-0.1, -0.05) is 0 Å². The molecule has 1 saturated heterocycles. The first-order chi connectivity index (χ1) is 12.4. The maximum absolute atomic E-state index is 13.3. The van der Waals surface area contributed by atoms with E-state index in [0.717, 1.165) is 5.56 Å². The van der Waals surface area contributed by atoms with Crippen LogP contribution in [-0.4, -0.2) is 51.7 Å². The summed E-state index contributed by atoms with van der Waals surface area (Å²) in [7, 11) is -0.707. The first-order valence-corrected chi connectivity index (χ1v) is 10.7.